The summed E-state index contributed by atoms with van der Waals surface area (Å²) in [6.45, 7) is 3.84. The number of likely N-dealkylation sites (tertiary alicyclic amines) is 1. The van der Waals surface area contributed by atoms with Crippen LogP contribution in [-0.4, -0.2) is 36.0 Å². The van der Waals surface area contributed by atoms with Crippen molar-refractivity contribution in [2.75, 3.05) is 13.1 Å². The van der Waals surface area contributed by atoms with Crippen molar-refractivity contribution < 1.29 is 9.59 Å². The fraction of sp³-hybridized carbons (Fsp3) is 0.667. The van der Waals surface area contributed by atoms with Gasteiger partial charge in [-0.1, -0.05) is 13.3 Å². The fourth-order valence-corrected chi connectivity index (χ4v) is 4.75. The highest BCUT2D eigenvalue weighted by Crippen LogP contribution is 2.28. The second kappa shape index (κ2) is 8.01. The van der Waals surface area contributed by atoms with Crippen LogP contribution >= 0.6 is 11.3 Å². The first kappa shape index (κ1) is 17.3. The average molecular weight is 350 g/mol. The van der Waals surface area contributed by atoms with E-state index in [9.17, 15) is 9.59 Å². The lowest BCUT2D eigenvalue weighted by molar-refractivity contribution is -0.129. The number of aryl methyl sites for hydroxylation is 2. The van der Waals surface area contributed by atoms with E-state index in [1.165, 1.54) is 47.4 Å². The molecule has 0 saturated carbocycles. The molecule has 1 aromatic rings. The maximum absolute atomic E-state index is 12.1. The van der Waals surface area contributed by atoms with Crippen molar-refractivity contribution in [1.82, 2.24) is 15.5 Å². The molecule has 5 nitrogen and oxygen atoms in total. The van der Waals surface area contributed by atoms with Crippen molar-refractivity contribution in [2.24, 2.45) is 0 Å². The Kier molecular flexibility index (Phi) is 5.76. The Morgan fingerprint density at radius 2 is 2.12 bits per heavy atom. The number of thiophene rings is 1. The zero-order valence-electron chi connectivity index (χ0n) is 14.4. The third-order valence-electron chi connectivity index (χ3n) is 4.90. The van der Waals surface area contributed by atoms with Crippen molar-refractivity contribution in [2.45, 2.75) is 64.5 Å². The van der Waals surface area contributed by atoms with Gasteiger partial charge < -0.3 is 15.5 Å². The van der Waals surface area contributed by atoms with Gasteiger partial charge in [-0.2, -0.15) is 0 Å². The van der Waals surface area contributed by atoms with E-state index in [4.69, 9.17) is 0 Å². The van der Waals surface area contributed by atoms with Crippen LogP contribution in [0.2, 0.25) is 0 Å². The standard InChI is InChI=1S/C18H27N3O2S/c1-2-17(22)21-9-8-14(12-21)20-18(23)19-11-15-10-13-6-4-3-5-7-16(13)24-15/h10,14H,2-9,11-12H2,1H3,(H2,19,20,23). The summed E-state index contributed by atoms with van der Waals surface area (Å²) in [4.78, 5) is 28.4. The third-order valence-corrected chi connectivity index (χ3v) is 6.14. The van der Waals surface area contributed by atoms with Crippen LogP contribution in [0.15, 0.2) is 6.07 Å². The highest BCUT2D eigenvalue weighted by molar-refractivity contribution is 7.12. The highest BCUT2D eigenvalue weighted by atomic mass is 32.1. The molecule has 1 fully saturated rings. The first-order chi connectivity index (χ1) is 11.7. The largest absolute Gasteiger partial charge is 0.341 e. The lowest BCUT2D eigenvalue weighted by Gasteiger charge is -2.16. The SMILES string of the molecule is CCC(=O)N1CCC(NC(=O)NCc2cc3c(s2)CCCCC3)C1. The van der Waals surface area contributed by atoms with Gasteiger partial charge in [0.1, 0.15) is 0 Å². The molecule has 1 unspecified atom stereocenters. The summed E-state index contributed by atoms with van der Waals surface area (Å²) in [5.74, 6) is 0.166. The summed E-state index contributed by atoms with van der Waals surface area (Å²) in [7, 11) is 0. The Morgan fingerprint density at radius 1 is 1.29 bits per heavy atom. The van der Waals surface area contributed by atoms with Crippen molar-refractivity contribution >= 4 is 23.3 Å². The minimum Gasteiger partial charge on any atom is -0.341 e. The maximum atomic E-state index is 12.1. The first-order valence-corrected chi connectivity index (χ1v) is 9.90. The lowest BCUT2D eigenvalue weighted by atomic mass is 10.1. The molecule has 2 heterocycles. The molecule has 1 saturated heterocycles. The topological polar surface area (TPSA) is 61.4 Å². The number of carbonyl (C=O) groups is 2. The molecule has 3 rings (SSSR count). The van der Waals surface area contributed by atoms with Crippen LogP contribution in [0.25, 0.3) is 0 Å². The number of hydrogen-bond acceptors (Lipinski definition) is 3. The molecule has 0 radical (unpaired) electrons. The predicted molar refractivity (Wildman–Crippen MR) is 96.2 cm³/mol. The van der Waals surface area contributed by atoms with E-state index < -0.39 is 0 Å². The van der Waals surface area contributed by atoms with Crippen LogP contribution in [0.4, 0.5) is 4.79 Å². The van der Waals surface area contributed by atoms with Gasteiger partial charge in [0.05, 0.1) is 6.54 Å². The number of hydrogen-bond donors (Lipinski definition) is 2. The lowest BCUT2D eigenvalue weighted by Crippen LogP contribution is -2.43. The number of nitrogens with one attached hydrogen (secondary N) is 2. The summed E-state index contributed by atoms with van der Waals surface area (Å²) in [6, 6.07) is 2.21. The van der Waals surface area contributed by atoms with Crippen LogP contribution in [-0.2, 0) is 24.2 Å². The summed E-state index contributed by atoms with van der Waals surface area (Å²) < 4.78 is 0. The van der Waals surface area contributed by atoms with E-state index in [1.807, 2.05) is 23.2 Å². The molecule has 1 aromatic heterocycles. The van der Waals surface area contributed by atoms with E-state index in [0.717, 1.165) is 13.0 Å². The van der Waals surface area contributed by atoms with Crippen molar-refractivity contribution in [3.8, 4) is 0 Å². The molecule has 3 amide bonds. The summed E-state index contributed by atoms with van der Waals surface area (Å²) in [5.41, 5.74) is 1.49. The monoisotopic (exact) mass is 349 g/mol. The van der Waals surface area contributed by atoms with Crippen molar-refractivity contribution in [3.05, 3.63) is 21.4 Å². The Labute approximate surface area is 147 Å². The normalized spacial score (nSPS) is 20.4. The number of fused-ring (bicyclic) bond motifs is 1. The molecular formula is C18H27N3O2S. The maximum Gasteiger partial charge on any atom is 0.315 e. The third kappa shape index (κ3) is 4.29. The molecule has 2 N–H and O–H groups in total. The minimum atomic E-state index is -0.130. The highest BCUT2D eigenvalue weighted by Gasteiger charge is 2.26. The van der Waals surface area contributed by atoms with Crippen LogP contribution in [0.5, 0.6) is 0 Å². The van der Waals surface area contributed by atoms with Gasteiger partial charge >= 0.3 is 6.03 Å². The zero-order valence-corrected chi connectivity index (χ0v) is 15.2. The van der Waals surface area contributed by atoms with Gasteiger partial charge in [-0.25, -0.2) is 4.79 Å². The Hall–Kier alpha value is -1.56. The molecule has 0 bridgehead atoms. The number of amides is 3. The molecule has 132 valence electrons. The van der Waals surface area contributed by atoms with Crippen LogP contribution in [0.3, 0.4) is 0 Å². The van der Waals surface area contributed by atoms with Crippen LogP contribution in [0, 0.1) is 0 Å². The molecular weight excluding hydrogens is 322 g/mol. The van der Waals surface area contributed by atoms with Crippen molar-refractivity contribution in [3.63, 3.8) is 0 Å². The van der Waals surface area contributed by atoms with E-state index >= 15 is 0 Å². The minimum absolute atomic E-state index is 0.0700. The Bertz CT molecular complexity index is 576. The van der Waals surface area contributed by atoms with Crippen LogP contribution in [0.1, 0.15) is 54.3 Å². The van der Waals surface area contributed by atoms with E-state index in [0.29, 0.717) is 19.5 Å². The van der Waals surface area contributed by atoms with Gasteiger partial charge in [0.2, 0.25) is 5.91 Å². The molecule has 1 aliphatic heterocycles. The quantitative estimate of drug-likeness (QED) is 0.821. The number of rotatable bonds is 4. The number of nitrogens with zero attached hydrogens (tertiary/aromatic N) is 1. The first-order valence-electron chi connectivity index (χ1n) is 9.08. The molecule has 1 aliphatic carbocycles. The van der Waals surface area contributed by atoms with Gasteiger partial charge in [0.15, 0.2) is 0 Å². The number of urea groups is 1. The average Bonchev–Trinajstić information content (AvgIpc) is 3.14. The summed E-state index contributed by atoms with van der Waals surface area (Å²) in [6.07, 6.45) is 7.64. The van der Waals surface area contributed by atoms with Crippen LogP contribution < -0.4 is 10.6 Å². The second-order valence-corrected chi connectivity index (χ2v) is 7.95. The molecule has 6 heteroatoms. The number of carbonyl (C=O) groups excluding carboxylic acids is 2. The zero-order chi connectivity index (χ0) is 16.9. The molecule has 0 aromatic carbocycles. The predicted octanol–water partition coefficient (Wildman–Crippen LogP) is 2.83. The summed E-state index contributed by atoms with van der Waals surface area (Å²) in [5, 5.41) is 5.96. The van der Waals surface area contributed by atoms with E-state index in [2.05, 4.69) is 16.7 Å². The molecule has 0 spiro atoms. The fourth-order valence-electron chi connectivity index (χ4n) is 3.55. The summed E-state index contributed by atoms with van der Waals surface area (Å²) >= 11 is 1.85. The Morgan fingerprint density at radius 3 is 2.96 bits per heavy atom. The van der Waals surface area contributed by atoms with E-state index in [-0.39, 0.29) is 18.0 Å². The van der Waals surface area contributed by atoms with Gasteiger partial charge in [-0.3, -0.25) is 4.79 Å². The van der Waals surface area contributed by atoms with Gasteiger partial charge in [-0.15, -0.1) is 11.3 Å². The van der Waals surface area contributed by atoms with Gasteiger partial charge in [0, 0.05) is 35.3 Å². The smallest absolute Gasteiger partial charge is 0.315 e. The second-order valence-electron chi connectivity index (χ2n) is 6.73. The Balaban J connectivity index is 1.44. The molecule has 2 aliphatic rings. The molecule has 24 heavy (non-hydrogen) atoms. The van der Waals surface area contributed by atoms with E-state index in [1.54, 1.807) is 0 Å². The van der Waals surface area contributed by atoms with Crippen molar-refractivity contribution in [1.29, 1.82) is 0 Å². The molecule has 1 atom stereocenters. The van der Waals surface area contributed by atoms with Gasteiger partial charge in [-0.05, 0) is 43.7 Å². The van der Waals surface area contributed by atoms with Gasteiger partial charge in [0.25, 0.3) is 0 Å².